The third-order valence-electron chi connectivity index (χ3n) is 1.63. The Morgan fingerprint density at radius 2 is 1.67 bits per heavy atom. The van der Waals surface area contributed by atoms with Crippen LogP contribution in [0.25, 0.3) is 0 Å². The molecule has 3 heteroatoms. The molecule has 3 nitrogen and oxygen atoms in total. The van der Waals surface area contributed by atoms with Crippen LogP contribution in [0.5, 0.6) is 0 Å². The van der Waals surface area contributed by atoms with Crippen LogP contribution in [0.15, 0.2) is 36.5 Å². The van der Waals surface area contributed by atoms with Gasteiger partial charge in [0.05, 0.1) is 6.10 Å². The van der Waals surface area contributed by atoms with E-state index in [4.69, 9.17) is 4.74 Å². The molecule has 0 aliphatic heterocycles. The highest BCUT2D eigenvalue weighted by Crippen LogP contribution is 2.11. The van der Waals surface area contributed by atoms with E-state index in [9.17, 15) is 9.59 Å². The number of rotatable bonds is 5. The highest BCUT2D eigenvalue weighted by Gasteiger charge is 2.19. The second-order valence-electron chi connectivity index (χ2n) is 3.25. The van der Waals surface area contributed by atoms with Gasteiger partial charge in [0.15, 0.2) is 5.78 Å². The molecule has 0 fully saturated rings. The Hall–Kier alpha value is -1.64. The van der Waals surface area contributed by atoms with E-state index >= 15 is 0 Å². The Morgan fingerprint density at radius 3 is 1.93 bits per heavy atom. The first-order valence-electron chi connectivity index (χ1n) is 4.65. The second kappa shape index (κ2) is 5.96. The van der Waals surface area contributed by atoms with Gasteiger partial charge in [-0.2, -0.15) is 0 Å². The number of hydrogen-bond donors (Lipinski definition) is 0. The lowest BCUT2D eigenvalue weighted by Gasteiger charge is -2.10. The van der Waals surface area contributed by atoms with Crippen LogP contribution in [-0.4, -0.2) is 17.9 Å². The molecule has 0 N–H and O–H groups in total. The molecule has 0 radical (unpaired) electrons. The molecule has 0 rings (SSSR count). The van der Waals surface area contributed by atoms with Crippen molar-refractivity contribution in [2.45, 2.75) is 26.9 Å². The monoisotopic (exact) mass is 208 g/mol. The molecule has 82 valence electrons. The summed E-state index contributed by atoms with van der Waals surface area (Å²) >= 11 is 0. The third-order valence-corrected chi connectivity index (χ3v) is 1.63. The van der Waals surface area contributed by atoms with E-state index in [1.54, 1.807) is 13.8 Å². The van der Waals surface area contributed by atoms with Gasteiger partial charge < -0.3 is 4.74 Å². The molecule has 0 unspecified atom stereocenters. The molecule has 0 aromatic carbocycles. The summed E-state index contributed by atoms with van der Waals surface area (Å²) < 4.78 is 4.95. The van der Waals surface area contributed by atoms with E-state index in [2.05, 4.69) is 13.2 Å². The third kappa shape index (κ3) is 3.94. The fourth-order valence-electron chi connectivity index (χ4n) is 1.03. The van der Waals surface area contributed by atoms with Crippen molar-refractivity contribution >= 4 is 11.8 Å². The fraction of sp³-hybridized carbons (Fsp3) is 0.333. The van der Waals surface area contributed by atoms with E-state index in [0.717, 1.165) is 0 Å². The number of carbonyl (C=O) groups excluding carboxylic acids is 2. The molecule has 0 amide bonds. The Bertz CT molecular complexity index is 312. The molecule has 0 spiro atoms. The number of esters is 1. The minimum atomic E-state index is -0.632. The normalized spacial score (nSPS) is 9.33. The number of hydrogen-bond acceptors (Lipinski definition) is 3. The van der Waals surface area contributed by atoms with Crippen LogP contribution in [-0.2, 0) is 14.3 Å². The van der Waals surface area contributed by atoms with Crippen LogP contribution < -0.4 is 0 Å². The first kappa shape index (κ1) is 13.4. The summed E-state index contributed by atoms with van der Waals surface area (Å²) in [6.45, 7) is 11.8. The van der Waals surface area contributed by atoms with E-state index in [-0.39, 0.29) is 17.5 Å². The van der Waals surface area contributed by atoms with Crippen LogP contribution >= 0.6 is 0 Å². The Kier molecular flexibility index (Phi) is 5.31. The number of ketones is 1. The van der Waals surface area contributed by atoms with Crippen molar-refractivity contribution in [1.29, 1.82) is 0 Å². The topological polar surface area (TPSA) is 43.4 Å². The maximum atomic E-state index is 11.6. The summed E-state index contributed by atoms with van der Waals surface area (Å²) in [6, 6.07) is 0. The van der Waals surface area contributed by atoms with Crippen LogP contribution in [0.1, 0.15) is 20.8 Å². The second-order valence-corrected chi connectivity index (χ2v) is 3.25. The summed E-state index contributed by atoms with van der Waals surface area (Å²) in [5.41, 5.74) is 0.391. The maximum absolute atomic E-state index is 11.6. The molecule has 0 aromatic heterocycles. The van der Waals surface area contributed by atoms with Crippen LogP contribution in [0.2, 0.25) is 0 Å². The Morgan fingerprint density at radius 1 is 1.20 bits per heavy atom. The predicted molar refractivity (Wildman–Crippen MR) is 59.3 cm³/mol. The van der Waals surface area contributed by atoms with Gasteiger partial charge in [-0.1, -0.05) is 25.3 Å². The van der Waals surface area contributed by atoms with Gasteiger partial charge in [0.1, 0.15) is 5.57 Å². The highest BCUT2D eigenvalue weighted by molar-refractivity contribution is 6.17. The number of allylic oxidation sites excluding steroid dienone is 3. The summed E-state index contributed by atoms with van der Waals surface area (Å²) in [5, 5.41) is 0. The van der Waals surface area contributed by atoms with Crippen molar-refractivity contribution in [3.63, 3.8) is 0 Å². The van der Waals surface area contributed by atoms with Gasteiger partial charge in [0, 0.05) is 0 Å². The smallest absolute Gasteiger partial charge is 0.342 e. The standard InChI is InChI=1S/C12H16O3/c1-6-10(7-2)11(9(5)13)12(14)15-8(3)4/h6-8H,1-2H2,3-5H3. The summed E-state index contributed by atoms with van der Waals surface area (Å²) in [6.07, 6.45) is 2.55. The number of ether oxygens (including phenoxy) is 1. The first-order valence-corrected chi connectivity index (χ1v) is 4.65. The largest absolute Gasteiger partial charge is 0.459 e. The molecule has 0 aromatic rings. The fourth-order valence-corrected chi connectivity index (χ4v) is 1.03. The number of carbonyl (C=O) groups is 2. The zero-order chi connectivity index (χ0) is 12.0. The molecule has 0 aliphatic rings. The van der Waals surface area contributed by atoms with Gasteiger partial charge in [-0.15, -0.1) is 0 Å². The average Bonchev–Trinajstić information content (AvgIpc) is 2.11. The van der Waals surface area contributed by atoms with Crippen molar-refractivity contribution in [3.05, 3.63) is 36.5 Å². The molecule has 0 atom stereocenters. The molecular weight excluding hydrogens is 192 g/mol. The summed E-state index contributed by atoms with van der Waals surface area (Å²) in [5.74, 6) is -0.984. The molecular formula is C12H16O3. The lowest BCUT2D eigenvalue weighted by molar-refractivity contribution is -0.143. The van der Waals surface area contributed by atoms with Gasteiger partial charge in [-0.05, 0) is 26.3 Å². The maximum Gasteiger partial charge on any atom is 0.342 e. The van der Waals surface area contributed by atoms with Gasteiger partial charge in [0.2, 0.25) is 0 Å². The predicted octanol–water partition coefficient (Wildman–Crippen LogP) is 2.20. The number of Topliss-reactive ketones (excluding diaryl/α,β-unsaturated/α-hetero) is 1. The Balaban J connectivity index is 5.23. The van der Waals surface area contributed by atoms with Crippen molar-refractivity contribution in [3.8, 4) is 0 Å². The van der Waals surface area contributed by atoms with E-state index in [1.807, 2.05) is 0 Å². The van der Waals surface area contributed by atoms with Crippen LogP contribution in [0, 0.1) is 0 Å². The molecule has 0 bridgehead atoms. The van der Waals surface area contributed by atoms with E-state index in [0.29, 0.717) is 5.57 Å². The average molecular weight is 208 g/mol. The lowest BCUT2D eigenvalue weighted by atomic mass is 10.1. The van der Waals surface area contributed by atoms with Crippen LogP contribution in [0.4, 0.5) is 0 Å². The van der Waals surface area contributed by atoms with Gasteiger partial charge in [-0.25, -0.2) is 4.79 Å². The Labute approximate surface area is 90.1 Å². The summed E-state index contributed by atoms with van der Waals surface area (Å²) in [4.78, 5) is 22.8. The molecule has 0 heterocycles. The zero-order valence-electron chi connectivity index (χ0n) is 9.37. The van der Waals surface area contributed by atoms with Crippen molar-refractivity contribution in [2.75, 3.05) is 0 Å². The zero-order valence-corrected chi connectivity index (χ0v) is 9.37. The van der Waals surface area contributed by atoms with Crippen LogP contribution in [0.3, 0.4) is 0 Å². The van der Waals surface area contributed by atoms with E-state index in [1.165, 1.54) is 19.1 Å². The van der Waals surface area contributed by atoms with Gasteiger partial charge in [-0.3, -0.25) is 4.79 Å². The lowest BCUT2D eigenvalue weighted by Crippen LogP contribution is -2.19. The van der Waals surface area contributed by atoms with E-state index < -0.39 is 5.97 Å². The highest BCUT2D eigenvalue weighted by atomic mass is 16.5. The minimum Gasteiger partial charge on any atom is -0.459 e. The van der Waals surface area contributed by atoms with Gasteiger partial charge >= 0.3 is 5.97 Å². The first-order chi connectivity index (χ1) is 6.93. The molecule has 15 heavy (non-hydrogen) atoms. The molecule has 0 saturated carbocycles. The molecule has 0 aliphatic carbocycles. The minimum absolute atomic E-state index is 0.00583. The quantitative estimate of drug-likeness (QED) is 0.229. The van der Waals surface area contributed by atoms with Gasteiger partial charge in [0.25, 0.3) is 0 Å². The SMILES string of the molecule is C=CC(C=C)=C(C(C)=O)C(=O)OC(C)C. The molecule has 0 saturated heterocycles. The summed E-state index contributed by atoms with van der Waals surface area (Å²) in [7, 11) is 0. The van der Waals surface area contributed by atoms with Crippen molar-refractivity contribution in [2.24, 2.45) is 0 Å². The van der Waals surface area contributed by atoms with Crippen molar-refractivity contribution < 1.29 is 14.3 Å². The van der Waals surface area contributed by atoms with Crippen molar-refractivity contribution in [1.82, 2.24) is 0 Å².